The third-order valence-corrected chi connectivity index (χ3v) is 5.84. The van der Waals surface area contributed by atoms with Crippen LogP contribution in [0, 0.1) is 6.92 Å². The highest BCUT2D eigenvalue weighted by Crippen LogP contribution is 2.20. The van der Waals surface area contributed by atoms with Crippen LogP contribution >= 0.6 is 35.3 Å². The van der Waals surface area contributed by atoms with Gasteiger partial charge in [-0.15, -0.1) is 11.3 Å². The number of thiazole rings is 1. The third-order valence-electron chi connectivity index (χ3n) is 3.34. The van der Waals surface area contributed by atoms with E-state index in [1.807, 2.05) is 12.3 Å². The molecule has 3 heterocycles. The van der Waals surface area contributed by atoms with E-state index in [0.29, 0.717) is 5.75 Å². The van der Waals surface area contributed by atoms with E-state index in [1.54, 1.807) is 22.2 Å². The fraction of sp³-hybridized carbons (Fsp3) is 0.462. The summed E-state index contributed by atoms with van der Waals surface area (Å²) in [5, 5.41) is 1.95. The second-order valence-corrected chi connectivity index (χ2v) is 7.28. The van der Waals surface area contributed by atoms with Crippen LogP contribution in [0.3, 0.4) is 0 Å². The number of hydrogen-bond donors (Lipinski definition) is 0. The van der Waals surface area contributed by atoms with Crippen LogP contribution in [0.5, 0.6) is 0 Å². The average molecular weight is 325 g/mol. The minimum atomic E-state index is -0.00330. The van der Waals surface area contributed by atoms with Gasteiger partial charge in [-0.1, -0.05) is 24.0 Å². The van der Waals surface area contributed by atoms with Crippen molar-refractivity contribution in [1.82, 2.24) is 14.3 Å². The molecule has 0 atom stereocenters. The van der Waals surface area contributed by atoms with Crippen LogP contribution in [0.2, 0.25) is 0 Å². The predicted molar refractivity (Wildman–Crippen MR) is 88.8 cm³/mol. The maximum absolute atomic E-state index is 12.1. The number of fused-ring (bicyclic) bond motifs is 1. The Morgan fingerprint density at radius 3 is 3.00 bits per heavy atom. The van der Waals surface area contributed by atoms with Gasteiger partial charge in [-0.2, -0.15) is 0 Å². The van der Waals surface area contributed by atoms with Crippen LogP contribution in [-0.4, -0.2) is 31.7 Å². The van der Waals surface area contributed by atoms with Crippen LogP contribution in [0.15, 0.2) is 16.2 Å². The topological polar surface area (TPSA) is 37.6 Å². The van der Waals surface area contributed by atoms with Gasteiger partial charge < -0.3 is 4.90 Å². The molecule has 1 fully saturated rings. The zero-order valence-corrected chi connectivity index (χ0v) is 13.6. The van der Waals surface area contributed by atoms with Crippen molar-refractivity contribution in [3.8, 4) is 0 Å². The molecule has 1 aliphatic rings. The van der Waals surface area contributed by atoms with Crippen molar-refractivity contribution < 1.29 is 0 Å². The van der Waals surface area contributed by atoms with E-state index in [4.69, 9.17) is 12.2 Å². The van der Waals surface area contributed by atoms with Crippen molar-refractivity contribution in [2.45, 2.75) is 25.5 Å². The van der Waals surface area contributed by atoms with Crippen LogP contribution in [0.4, 0.5) is 0 Å². The number of aryl methyl sites for hydroxylation is 1. The Bertz CT molecular complexity index is 700. The first kappa shape index (κ1) is 14.0. The summed E-state index contributed by atoms with van der Waals surface area (Å²) in [7, 11) is 0. The molecule has 2 aromatic heterocycles. The second-order valence-electron chi connectivity index (χ2n) is 4.83. The summed E-state index contributed by atoms with van der Waals surface area (Å²) in [5.74, 6) is 0.665. The molecule has 20 heavy (non-hydrogen) atoms. The molecule has 0 aliphatic carbocycles. The van der Waals surface area contributed by atoms with Gasteiger partial charge in [-0.25, -0.2) is 4.98 Å². The van der Waals surface area contributed by atoms with Gasteiger partial charge >= 0.3 is 0 Å². The monoisotopic (exact) mass is 325 g/mol. The molecule has 0 aromatic carbocycles. The quantitative estimate of drug-likeness (QED) is 0.794. The predicted octanol–water partition coefficient (Wildman–Crippen LogP) is 2.68. The highest BCUT2D eigenvalue weighted by Gasteiger charge is 2.15. The van der Waals surface area contributed by atoms with E-state index in [2.05, 4.69) is 9.88 Å². The zero-order chi connectivity index (χ0) is 14.1. The minimum absolute atomic E-state index is 0.00330. The lowest BCUT2D eigenvalue weighted by molar-refractivity contribution is 0.539. The van der Waals surface area contributed by atoms with Gasteiger partial charge in [0.1, 0.15) is 4.32 Å². The fourth-order valence-electron chi connectivity index (χ4n) is 2.30. The number of rotatable bonds is 2. The standard InChI is InChI=1S/C13H15N3OS3/c1-9-7-19-12-14-10(6-11(17)16(9)12)8-20-13(18)15-4-2-3-5-15/h6-7H,2-5,8H2,1H3. The van der Waals surface area contributed by atoms with Gasteiger partial charge in [0.15, 0.2) is 4.96 Å². The second kappa shape index (κ2) is 5.83. The first-order valence-electron chi connectivity index (χ1n) is 6.53. The number of thiocarbonyl (C=S) groups is 1. The maximum atomic E-state index is 12.1. The van der Waals surface area contributed by atoms with E-state index in [-0.39, 0.29) is 5.56 Å². The molecule has 106 valence electrons. The lowest BCUT2D eigenvalue weighted by atomic mass is 10.4. The summed E-state index contributed by atoms with van der Waals surface area (Å²) in [6, 6.07) is 1.62. The Hall–Kier alpha value is -0.920. The summed E-state index contributed by atoms with van der Waals surface area (Å²) >= 11 is 8.53. The van der Waals surface area contributed by atoms with Crippen molar-refractivity contribution in [2.24, 2.45) is 0 Å². The molecular formula is C13H15N3OS3. The maximum Gasteiger partial charge on any atom is 0.258 e. The van der Waals surface area contributed by atoms with Gasteiger partial charge in [0.25, 0.3) is 5.56 Å². The summed E-state index contributed by atoms with van der Waals surface area (Å²) in [4.78, 5) is 19.6. The molecule has 4 nitrogen and oxygen atoms in total. The van der Waals surface area contributed by atoms with E-state index in [9.17, 15) is 4.79 Å². The molecule has 2 aromatic rings. The zero-order valence-electron chi connectivity index (χ0n) is 11.2. The SMILES string of the molecule is Cc1csc2nc(CSC(=S)N3CCCC3)cc(=O)n12. The number of nitrogens with zero attached hydrogens (tertiary/aromatic N) is 3. The number of thioether (sulfide) groups is 1. The molecule has 0 saturated carbocycles. The molecule has 0 amide bonds. The van der Waals surface area contributed by atoms with Crippen LogP contribution in [0.25, 0.3) is 4.96 Å². The van der Waals surface area contributed by atoms with Crippen LogP contribution in [0.1, 0.15) is 24.2 Å². The third kappa shape index (κ3) is 2.75. The lowest BCUT2D eigenvalue weighted by Gasteiger charge is -2.17. The summed E-state index contributed by atoms with van der Waals surface area (Å²) in [6.45, 7) is 4.04. The normalized spacial score (nSPS) is 15.2. The minimum Gasteiger partial charge on any atom is -0.358 e. The Morgan fingerprint density at radius 2 is 2.25 bits per heavy atom. The van der Waals surface area contributed by atoms with Crippen molar-refractivity contribution in [3.63, 3.8) is 0 Å². The Labute approximate surface area is 130 Å². The molecule has 0 spiro atoms. The number of aromatic nitrogens is 2. The summed E-state index contributed by atoms with van der Waals surface area (Å²) < 4.78 is 2.57. The van der Waals surface area contributed by atoms with Crippen molar-refractivity contribution >= 4 is 44.6 Å². The Morgan fingerprint density at radius 1 is 1.50 bits per heavy atom. The molecule has 0 N–H and O–H groups in total. The van der Waals surface area contributed by atoms with E-state index < -0.39 is 0 Å². The summed E-state index contributed by atoms with van der Waals surface area (Å²) in [5.41, 5.74) is 1.74. The van der Waals surface area contributed by atoms with Crippen LogP contribution < -0.4 is 5.56 Å². The molecule has 7 heteroatoms. The summed E-state index contributed by atoms with van der Waals surface area (Å²) in [6.07, 6.45) is 2.45. The van der Waals surface area contributed by atoms with Gasteiger partial charge in [-0.05, 0) is 19.8 Å². The smallest absolute Gasteiger partial charge is 0.258 e. The number of hydrogen-bond acceptors (Lipinski definition) is 5. The van der Waals surface area contributed by atoms with Crippen molar-refractivity contribution in [3.05, 3.63) is 33.2 Å². The van der Waals surface area contributed by atoms with Gasteiger partial charge in [0.05, 0.1) is 5.69 Å². The van der Waals surface area contributed by atoms with E-state index in [0.717, 1.165) is 33.8 Å². The lowest BCUT2D eigenvalue weighted by Crippen LogP contribution is -2.23. The fourth-order valence-corrected chi connectivity index (χ4v) is 4.34. The molecule has 0 bridgehead atoms. The van der Waals surface area contributed by atoms with E-state index in [1.165, 1.54) is 24.2 Å². The largest absolute Gasteiger partial charge is 0.358 e. The Balaban J connectivity index is 1.74. The highest BCUT2D eigenvalue weighted by molar-refractivity contribution is 8.22. The van der Waals surface area contributed by atoms with Gasteiger partial charge in [-0.3, -0.25) is 9.20 Å². The molecular weight excluding hydrogens is 310 g/mol. The first-order valence-corrected chi connectivity index (χ1v) is 8.81. The van der Waals surface area contributed by atoms with Gasteiger partial charge in [0.2, 0.25) is 0 Å². The van der Waals surface area contributed by atoms with Crippen molar-refractivity contribution in [2.75, 3.05) is 13.1 Å². The molecule has 0 unspecified atom stereocenters. The molecule has 3 rings (SSSR count). The number of likely N-dealkylation sites (tertiary alicyclic amines) is 1. The molecule has 1 saturated heterocycles. The Kier molecular flexibility index (Phi) is 4.09. The van der Waals surface area contributed by atoms with Crippen LogP contribution in [-0.2, 0) is 5.75 Å². The highest BCUT2D eigenvalue weighted by atomic mass is 32.2. The molecule has 0 radical (unpaired) electrons. The van der Waals surface area contributed by atoms with Gasteiger partial charge in [0, 0.05) is 36.0 Å². The first-order chi connectivity index (χ1) is 9.65. The van der Waals surface area contributed by atoms with Crippen molar-refractivity contribution in [1.29, 1.82) is 0 Å². The molecule has 1 aliphatic heterocycles. The average Bonchev–Trinajstić information content (AvgIpc) is 3.06. The van der Waals surface area contributed by atoms with E-state index >= 15 is 0 Å².